The van der Waals surface area contributed by atoms with Crippen LogP contribution in [-0.4, -0.2) is 29.4 Å². The lowest BCUT2D eigenvalue weighted by Gasteiger charge is -2.32. The molecule has 1 aliphatic heterocycles. The molecule has 1 aliphatic rings. The van der Waals surface area contributed by atoms with Gasteiger partial charge >= 0.3 is 0 Å². The zero-order valence-electron chi connectivity index (χ0n) is 15.5. The van der Waals surface area contributed by atoms with Gasteiger partial charge in [0.15, 0.2) is 17.8 Å². The molecule has 1 N–H and O–H groups in total. The van der Waals surface area contributed by atoms with Crippen LogP contribution in [0.2, 0.25) is 0 Å². The van der Waals surface area contributed by atoms with Crippen LogP contribution >= 0.6 is 0 Å². The van der Waals surface area contributed by atoms with E-state index in [2.05, 4.69) is 10.3 Å². The molecule has 4 rings (SSSR count). The number of aryl methyl sites for hydroxylation is 1. The normalized spacial score (nSPS) is 15.7. The van der Waals surface area contributed by atoms with Crippen LogP contribution in [0.3, 0.4) is 0 Å². The summed E-state index contributed by atoms with van der Waals surface area (Å²) < 4.78 is 11.1. The Hall–Kier alpha value is -3.61. The standard InChI is InChI=1S/C21H19N3O4/c1-13-21(26)24(17-5-3-4-6-18(17)27-13)12-20(25)23-16-9-7-15(8-10-16)19-11-22-14(2)28-19/h3-11,13H,12H2,1-2H3,(H,23,25). The molecule has 3 aromatic rings. The number of ether oxygens (including phenoxy) is 1. The van der Waals surface area contributed by atoms with Gasteiger partial charge in [0.25, 0.3) is 5.91 Å². The highest BCUT2D eigenvalue weighted by Gasteiger charge is 2.32. The van der Waals surface area contributed by atoms with E-state index >= 15 is 0 Å². The highest BCUT2D eigenvalue weighted by molar-refractivity contribution is 6.06. The maximum atomic E-state index is 12.5. The smallest absolute Gasteiger partial charge is 0.268 e. The molecule has 28 heavy (non-hydrogen) atoms. The van der Waals surface area contributed by atoms with Crippen molar-refractivity contribution in [3.8, 4) is 17.1 Å². The van der Waals surface area contributed by atoms with Gasteiger partial charge in [0.05, 0.1) is 11.9 Å². The van der Waals surface area contributed by atoms with E-state index in [1.165, 1.54) is 4.90 Å². The van der Waals surface area contributed by atoms with Crippen molar-refractivity contribution in [3.63, 3.8) is 0 Å². The molecule has 7 heteroatoms. The summed E-state index contributed by atoms with van der Waals surface area (Å²) in [6.45, 7) is 3.36. The van der Waals surface area contributed by atoms with Crippen molar-refractivity contribution in [2.45, 2.75) is 20.0 Å². The van der Waals surface area contributed by atoms with Crippen molar-refractivity contribution >= 4 is 23.2 Å². The molecule has 1 atom stereocenters. The van der Waals surface area contributed by atoms with E-state index in [4.69, 9.17) is 9.15 Å². The van der Waals surface area contributed by atoms with Crippen molar-refractivity contribution in [3.05, 3.63) is 60.6 Å². The number of nitrogens with zero attached hydrogens (tertiary/aromatic N) is 2. The number of amides is 2. The van der Waals surface area contributed by atoms with Gasteiger partial charge in [-0.2, -0.15) is 0 Å². The van der Waals surface area contributed by atoms with Crippen LogP contribution < -0.4 is 15.0 Å². The van der Waals surface area contributed by atoms with Crippen LogP contribution in [0.5, 0.6) is 5.75 Å². The summed E-state index contributed by atoms with van der Waals surface area (Å²) in [7, 11) is 0. The van der Waals surface area contributed by atoms with E-state index in [0.717, 1.165) is 5.56 Å². The molecule has 1 unspecified atom stereocenters. The minimum absolute atomic E-state index is 0.0907. The van der Waals surface area contributed by atoms with Gasteiger partial charge in [0, 0.05) is 18.2 Å². The van der Waals surface area contributed by atoms with E-state index in [0.29, 0.717) is 28.8 Å². The number of para-hydroxylation sites is 2. The van der Waals surface area contributed by atoms with Gasteiger partial charge in [-0.1, -0.05) is 12.1 Å². The van der Waals surface area contributed by atoms with E-state index in [1.807, 2.05) is 18.2 Å². The summed E-state index contributed by atoms with van der Waals surface area (Å²) in [6.07, 6.45) is 1.03. The Morgan fingerprint density at radius 3 is 2.64 bits per heavy atom. The first-order valence-electron chi connectivity index (χ1n) is 8.91. The molecular weight excluding hydrogens is 358 g/mol. The summed E-state index contributed by atoms with van der Waals surface area (Å²) in [5.41, 5.74) is 2.09. The number of benzene rings is 2. The number of aromatic nitrogens is 1. The zero-order chi connectivity index (χ0) is 19.7. The molecule has 0 saturated carbocycles. The largest absolute Gasteiger partial charge is 0.479 e. The Bertz CT molecular complexity index is 1030. The average Bonchev–Trinajstić information content (AvgIpc) is 3.12. The molecule has 2 aromatic carbocycles. The predicted molar refractivity (Wildman–Crippen MR) is 104 cm³/mol. The number of anilines is 2. The Morgan fingerprint density at radius 2 is 1.93 bits per heavy atom. The fourth-order valence-corrected chi connectivity index (χ4v) is 3.08. The number of hydrogen-bond donors (Lipinski definition) is 1. The van der Waals surface area contributed by atoms with Gasteiger partial charge in [0.2, 0.25) is 5.91 Å². The second-order valence-electron chi connectivity index (χ2n) is 6.52. The summed E-state index contributed by atoms with van der Waals surface area (Å²) in [4.78, 5) is 30.5. The molecule has 2 heterocycles. The van der Waals surface area contributed by atoms with E-state index in [-0.39, 0.29) is 18.4 Å². The van der Waals surface area contributed by atoms with Crippen LogP contribution in [-0.2, 0) is 9.59 Å². The second-order valence-corrected chi connectivity index (χ2v) is 6.52. The predicted octanol–water partition coefficient (Wildman–Crippen LogP) is 3.40. The molecule has 0 fully saturated rings. The molecule has 0 radical (unpaired) electrons. The van der Waals surface area contributed by atoms with E-state index < -0.39 is 6.10 Å². The molecule has 0 bridgehead atoms. The minimum atomic E-state index is -0.632. The molecule has 1 aromatic heterocycles. The van der Waals surface area contributed by atoms with Crippen LogP contribution in [0, 0.1) is 6.92 Å². The topological polar surface area (TPSA) is 84.7 Å². The van der Waals surface area contributed by atoms with Gasteiger partial charge in [-0.05, 0) is 43.3 Å². The fraction of sp³-hybridized carbons (Fsp3) is 0.190. The van der Waals surface area contributed by atoms with Gasteiger partial charge in [-0.25, -0.2) is 4.98 Å². The number of hydrogen-bond acceptors (Lipinski definition) is 5. The van der Waals surface area contributed by atoms with E-state index in [1.54, 1.807) is 50.4 Å². The third-order valence-corrected chi connectivity index (χ3v) is 4.45. The monoisotopic (exact) mass is 377 g/mol. The number of fused-ring (bicyclic) bond motifs is 1. The SMILES string of the molecule is Cc1ncc(-c2ccc(NC(=O)CN3C(=O)C(C)Oc4ccccc43)cc2)o1. The number of oxazole rings is 1. The molecule has 7 nitrogen and oxygen atoms in total. The highest BCUT2D eigenvalue weighted by atomic mass is 16.5. The Morgan fingerprint density at radius 1 is 1.18 bits per heavy atom. The number of carbonyl (C=O) groups is 2. The fourth-order valence-electron chi connectivity index (χ4n) is 3.08. The highest BCUT2D eigenvalue weighted by Crippen LogP contribution is 2.33. The summed E-state index contributed by atoms with van der Waals surface area (Å²) in [6, 6.07) is 14.4. The molecule has 0 spiro atoms. The van der Waals surface area contributed by atoms with Crippen LogP contribution in [0.4, 0.5) is 11.4 Å². The second kappa shape index (κ2) is 7.19. The minimum Gasteiger partial charge on any atom is -0.479 e. The van der Waals surface area contributed by atoms with Gasteiger partial charge in [0.1, 0.15) is 12.3 Å². The quantitative estimate of drug-likeness (QED) is 0.753. The van der Waals surface area contributed by atoms with Crippen molar-refractivity contribution in [2.75, 3.05) is 16.8 Å². The zero-order valence-corrected chi connectivity index (χ0v) is 15.5. The van der Waals surface area contributed by atoms with Crippen LogP contribution in [0.25, 0.3) is 11.3 Å². The lowest BCUT2D eigenvalue weighted by molar-refractivity contribution is -0.127. The average molecular weight is 377 g/mol. The molecular formula is C21H19N3O4. The lowest BCUT2D eigenvalue weighted by atomic mass is 10.1. The molecule has 0 saturated heterocycles. The first-order chi connectivity index (χ1) is 13.5. The van der Waals surface area contributed by atoms with Crippen molar-refractivity contribution < 1.29 is 18.7 Å². The number of carbonyl (C=O) groups excluding carboxylic acids is 2. The Labute approximate surface area is 161 Å². The summed E-state index contributed by atoms with van der Waals surface area (Å²) in [5, 5.41) is 2.82. The third kappa shape index (κ3) is 3.46. The maximum Gasteiger partial charge on any atom is 0.268 e. The number of nitrogens with one attached hydrogen (secondary N) is 1. The maximum absolute atomic E-state index is 12.5. The van der Waals surface area contributed by atoms with Gasteiger partial charge < -0.3 is 14.5 Å². The molecule has 0 aliphatic carbocycles. The summed E-state index contributed by atoms with van der Waals surface area (Å²) in [5.74, 6) is 1.32. The number of rotatable bonds is 4. The third-order valence-electron chi connectivity index (χ3n) is 4.45. The van der Waals surface area contributed by atoms with Crippen molar-refractivity contribution in [1.82, 2.24) is 4.98 Å². The van der Waals surface area contributed by atoms with Crippen molar-refractivity contribution in [2.24, 2.45) is 0 Å². The van der Waals surface area contributed by atoms with Crippen molar-refractivity contribution in [1.29, 1.82) is 0 Å². The lowest BCUT2D eigenvalue weighted by Crippen LogP contribution is -2.47. The first-order valence-corrected chi connectivity index (χ1v) is 8.91. The Kier molecular flexibility index (Phi) is 4.57. The molecule has 142 valence electrons. The van der Waals surface area contributed by atoms with Crippen LogP contribution in [0.15, 0.2) is 59.1 Å². The van der Waals surface area contributed by atoms with Gasteiger partial charge in [-0.15, -0.1) is 0 Å². The Balaban J connectivity index is 1.46. The molecule has 2 amide bonds. The van der Waals surface area contributed by atoms with Crippen LogP contribution in [0.1, 0.15) is 12.8 Å². The van der Waals surface area contributed by atoms with Gasteiger partial charge in [-0.3, -0.25) is 14.5 Å². The first kappa shape index (κ1) is 17.8. The summed E-state index contributed by atoms with van der Waals surface area (Å²) >= 11 is 0. The van der Waals surface area contributed by atoms with E-state index in [9.17, 15) is 9.59 Å².